The second-order valence-corrected chi connectivity index (χ2v) is 8.31. The van der Waals surface area contributed by atoms with Gasteiger partial charge in [0.1, 0.15) is 5.82 Å². The third-order valence-corrected chi connectivity index (χ3v) is 6.03. The molecule has 1 aliphatic rings. The second-order valence-electron chi connectivity index (χ2n) is 6.83. The summed E-state index contributed by atoms with van der Waals surface area (Å²) in [5.41, 5.74) is 1.35. The van der Waals surface area contributed by atoms with E-state index in [9.17, 15) is 9.18 Å². The Hall–Kier alpha value is -2.60. The molecule has 28 heavy (non-hydrogen) atoms. The van der Waals surface area contributed by atoms with Gasteiger partial charge >= 0.3 is 0 Å². The van der Waals surface area contributed by atoms with Crippen LogP contribution in [0.3, 0.4) is 0 Å². The van der Waals surface area contributed by atoms with Crippen LogP contribution in [0.15, 0.2) is 64.0 Å². The van der Waals surface area contributed by atoms with Gasteiger partial charge < -0.3 is 9.32 Å². The van der Waals surface area contributed by atoms with Crippen LogP contribution in [-0.2, 0) is 11.2 Å². The average molecular weight is 396 g/mol. The number of oxazole rings is 1. The summed E-state index contributed by atoms with van der Waals surface area (Å²) in [5, 5.41) is 0.467. The number of thioether (sulfide) groups is 1. The molecule has 0 saturated carbocycles. The molecule has 6 heteroatoms. The fourth-order valence-corrected chi connectivity index (χ4v) is 4.42. The smallest absolute Gasteiger partial charge is 0.227 e. The summed E-state index contributed by atoms with van der Waals surface area (Å²) in [6.07, 6.45) is 3.14. The molecule has 2 heterocycles. The van der Waals surface area contributed by atoms with Gasteiger partial charge in [-0.3, -0.25) is 4.79 Å². The molecular formula is C22H21FN2O2S. The zero-order chi connectivity index (χ0) is 19.5. The van der Waals surface area contributed by atoms with Crippen molar-refractivity contribution in [1.29, 1.82) is 0 Å². The van der Waals surface area contributed by atoms with Gasteiger partial charge in [0.25, 0.3) is 0 Å². The highest BCUT2D eigenvalue weighted by Gasteiger charge is 2.24. The first-order chi connectivity index (χ1) is 13.6. The summed E-state index contributed by atoms with van der Waals surface area (Å²) in [4.78, 5) is 20.1. The Morgan fingerprint density at radius 3 is 2.89 bits per heavy atom. The first-order valence-corrected chi connectivity index (χ1v) is 10.3. The van der Waals surface area contributed by atoms with Crippen molar-refractivity contribution >= 4 is 23.4 Å². The SMILES string of the molecule is CC1CCN(C(=O)CCc2ncc(-c3ccccc3F)o2)c2ccccc2S1. The predicted octanol–water partition coefficient (Wildman–Crippen LogP) is 5.33. The van der Waals surface area contributed by atoms with Crippen molar-refractivity contribution < 1.29 is 13.6 Å². The van der Waals surface area contributed by atoms with Gasteiger partial charge in [0.2, 0.25) is 5.91 Å². The van der Waals surface area contributed by atoms with E-state index in [-0.39, 0.29) is 11.7 Å². The molecule has 4 nitrogen and oxygen atoms in total. The van der Waals surface area contributed by atoms with Gasteiger partial charge in [-0.15, -0.1) is 11.8 Å². The Bertz CT molecular complexity index is 988. The molecule has 0 spiro atoms. The second kappa shape index (κ2) is 8.19. The number of fused-ring (bicyclic) bond motifs is 1. The highest BCUT2D eigenvalue weighted by molar-refractivity contribution is 8.00. The lowest BCUT2D eigenvalue weighted by atomic mass is 10.2. The van der Waals surface area contributed by atoms with Gasteiger partial charge in [0.15, 0.2) is 11.7 Å². The van der Waals surface area contributed by atoms with E-state index in [4.69, 9.17) is 4.42 Å². The maximum Gasteiger partial charge on any atom is 0.227 e. The normalized spacial score (nSPS) is 16.5. The molecule has 1 amide bonds. The fourth-order valence-electron chi connectivity index (χ4n) is 3.31. The van der Waals surface area contributed by atoms with E-state index in [1.807, 2.05) is 34.9 Å². The molecule has 3 aromatic rings. The zero-order valence-electron chi connectivity index (χ0n) is 15.6. The van der Waals surface area contributed by atoms with Gasteiger partial charge in [-0.05, 0) is 30.7 Å². The number of amides is 1. The Kier molecular flexibility index (Phi) is 5.48. The van der Waals surface area contributed by atoms with Crippen molar-refractivity contribution in [3.05, 3.63) is 66.4 Å². The maximum atomic E-state index is 13.9. The number of benzene rings is 2. The molecule has 0 N–H and O–H groups in total. The number of aromatic nitrogens is 1. The van der Waals surface area contributed by atoms with Crippen molar-refractivity contribution in [3.63, 3.8) is 0 Å². The van der Waals surface area contributed by atoms with E-state index < -0.39 is 0 Å². The fraction of sp³-hybridized carbons (Fsp3) is 0.273. The standard InChI is InChI=1S/C22H21FN2O2S/c1-15-12-13-25(18-8-4-5-9-20(18)28-15)22(26)11-10-21-24-14-19(27-21)16-6-2-3-7-17(16)23/h2-9,14-15H,10-13H2,1H3. The number of anilines is 1. The number of halogens is 1. The van der Waals surface area contributed by atoms with E-state index in [1.54, 1.807) is 18.2 Å². The number of para-hydroxylation sites is 1. The highest BCUT2D eigenvalue weighted by Crippen LogP contribution is 2.37. The van der Waals surface area contributed by atoms with E-state index in [1.165, 1.54) is 12.3 Å². The molecule has 144 valence electrons. The topological polar surface area (TPSA) is 46.3 Å². The van der Waals surface area contributed by atoms with Crippen molar-refractivity contribution in [1.82, 2.24) is 4.98 Å². The minimum Gasteiger partial charge on any atom is -0.441 e. The molecule has 0 bridgehead atoms. The first kappa shape index (κ1) is 18.7. The monoisotopic (exact) mass is 396 g/mol. The van der Waals surface area contributed by atoms with Crippen LogP contribution in [0, 0.1) is 5.82 Å². The minimum atomic E-state index is -0.353. The molecule has 0 saturated heterocycles. The molecule has 0 radical (unpaired) electrons. The van der Waals surface area contributed by atoms with Crippen LogP contribution in [0.1, 0.15) is 25.7 Å². The quantitative estimate of drug-likeness (QED) is 0.598. The number of rotatable bonds is 4. The lowest BCUT2D eigenvalue weighted by Crippen LogP contribution is -2.32. The van der Waals surface area contributed by atoms with Crippen molar-refractivity contribution in [3.8, 4) is 11.3 Å². The van der Waals surface area contributed by atoms with Crippen LogP contribution in [0.5, 0.6) is 0 Å². The van der Waals surface area contributed by atoms with Gasteiger partial charge in [0.05, 0.1) is 17.4 Å². The lowest BCUT2D eigenvalue weighted by molar-refractivity contribution is -0.118. The molecule has 1 atom stereocenters. The Labute approximate surface area is 167 Å². The van der Waals surface area contributed by atoms with Gasteiger partial charge in [-0.1, -0.05) is 31.2 Å². The Morgan fingerprint density at radius 2 is 2.04 bits per heavy atom. The number of hydrogen-bond donors (Lipinski definition) is 0. The molecule has 1 unspecified atom stereocenters. The van der Waals surface area contributed by atoms with Crippen LogP contribution in [0.4, 0.5) is 10.1 Å². The summed E-state index contributed by atoms with van der Waals surface area (Å²) < 4.78 is 19.6. The summed E-state index contributed by atoms with van der Waals surface area (Å²) in [6.45, 7) is 2.89. The summed E-state index contributed by atoms with van der Waals surface area (Å²) in [7, 11) is 0. The van der Waals surface area contributed by atoms with Crippen molar-refractivity contribution in [2.75, 3.05) is 11.4 Å². The summed E-state index contributed by atoms with van der Waals surface area (Å²) in [5.74, 6) is 0.519. The molecule has 4 rings (SSSR count). The zero-order valence-corrected chi connectivity index (χ0v) is 16.4. The van der Waals surface area contributed by atoms with Crippen LogP contribution in [0.25, 0.3) is 11.3 Å². The number of hydrogen-bond acceptors (Lipinski definition) is 4. The number of carbonyl (C=O) groups excluding carboxylic acids is 1. The average Bonchev–Trinajstić information content (AvgIpc) is 3.09. The molecule has 2 aromatic carbocycles. The Balaban J connectivity index is 1.46. The molecule has 0 aliphatic carbocycles. The van der Waals surface area contributed by atoms with E-state index in [0.717, 1.165) is 17.0 Å². The first-order valence-electron chi connectivity index (χ1n) is 9.37. The van der Waals surface area contributed by atoms with Crippen molar-refractivity contribution in [2.24, 2.45) is 0 Å². The summed E-state index contributed by atoms with van der Waals surface area (Å²) in [6, 6.07) is 14.5. The predicted molar refractivity (Wildman–Crippen MR) is 109 cm³/mol. The highest BCUT2D eigenvalue weighted by atomic mass is 32.2. The number of nitrogens with zero attached hydrogens (tertiary/aromatic N) is 2. The van der Waals surface area contributed by atoms with Crippen LogP contribution in [-0.4, -0.2) is 22.7 Å². The molecular weight excluding hydrogens is 375 g/mol. The Morgan fingerprint density at radius 1 is 1.25 bits per heavy atom. The number of aryl methyl sites for hydroxylation is 1. The molecule has 0 fully saturated rings. The van der Waals surface area contributed by atoms with Crippen LogP contribution < -0.4 is 4.90 Å². The van der Waals surface area contributed by atoms with Crippen molar-refractivity contribution in [2.45, 2.75) is 36.3 Å². The van der Waals surface area contributed by atoms with Gasteiger partial charge in [-0.25, -0.2) is 9.37 Å². The number of carbonyl (C=O) groups is 1. The molecule has 1 aliphatic heterocycles. The third-order valence-electron chi connectivity index (χ3n) is 4.79. The van der Waals surface area contributed by atoms with E-state index >= 15 is 0 Å². The maximum absolute atomic E-state index is 13.9. The van der Waals surface area contributed by atoms with E-state index in [2.05, 4.69) is 18.0 Å². The third kappa shape index (κ3) is 3.97. The molecule has 1 aromatic heterocycles. The van der Waals surface area contributed by atoms with E-state index in [0.29, 0.717) is 41.9 Å². The summed E-state index contributed by atoms with van der Waals surface area (Å²) >= 11 is 1.81. The van der Waals surface area contributed by atoms with Crippen LogP contribution >= 0.6 is 11.8 Å². The lowest BCUT2D eigenvalue weighted by Gasteiger charge is -2.22. The van der Waals surface area contributed by atoms with Gasteiger partial charge in [0, 0.05) is 29.5 Å². The van der Waals surface area contributed by atoms with Crippen LogP contribution in [0.2, 0.25) is 0 Å². The minimum absolute atomic E-state index is 0.0489. The largest absolute Gasteiger partial charge is 0.441 e. The van der Waals surface area contributed by atoms with Gasteiger partial charge in [-0.2, -0.15) is 0 Å².